The van der Waals surface area contributed by atoms with Crippen LogP contribution in [0.25, 0.3) is 0 Å². The number of hydrogen-bond acceptors (Lipinski definition) is 4. The lowest BCUT2D eigenvalue weighted by molar-refractivity contribution is 0.101. The third-order valence-electron chi connectivity index (χ3n) is 4.17. The minimum atomic E-state index is -0.392. The Hall–Kier alpha value is -3.51. The quantitative estimate of drug-likeness (QED) is 0.608. The van der Waals surface area contributed by atoms with E-state index >= 15 is 0 Å². The number of amides is 2. The molecule has 0 radical (unpaired) electrons. The minimum absolute atomic E-state index is 0.293. The topological polar surface area (TPSA) is 76.7 Å². The Kier molecular flexibility index (Phi) is 6.36. The highest BCUT2D eigenvalue weighted by Gasteiger charge is 2.17. The lowest BCUT2D eigenvalue weighted by Gasteiger charge is -2.16. The predicted octanol–water partition coefficient (Wildman–Crippen LogP) is 4.86. The van der Waals surface area contributed by atoms with Crippen molar-refractivity contribution in [1.29, 1.82) is 0 Å². The number of ether oxygens (including phenoxy) is 2. The highest BCUT2D eigenvalue weighted by Crippen LogP contribution is 2.37. The van der Waals surface area contributed by atoms with Crippen molar-refractivity contribution in [2.75, 3.05) is 24.9 Å². The fraction of sp³-hybridized carbons (Fsp3) is 0.0909. The molecule has 29 heavy (non-hydrogen) atoms. The summed E-state index contributed by atoms with van der Waals surface area (Å²) in [7, 11) is 2.94. The Morgan fingerprint density at radius 1 is 0.759 bits per heavy atom. The van der Waals surface area contributed by atoms with Gasteiger partial charge in [-0.25, -0.2) is 0 Å². The van der Waals surface area contributed by atoms with Gasteiger partial charge in [-0.1, -0.05) is 41.9 Å². The minimum Gasteiger partial charge on any atom is -0.494 e. The van der Waals surface area contributed by atoms with Crippen molar-refractivity contribution in [3.8, 4) is 11.5 Å². The van der Waals surface area contributed by atoms with Crippen LogP contribution in [0, 0.1) is 0 Å². The Balaban J connectivity index is 1.89. The van der Waals surface area contributed by atoms with Crippen molar-refractivity contribution in [3.05, 3.63) is 82.9 Å². The molecule has 0 unspecified atom stereocenters. The van der Waals surface area contributed by atoms with E-state index < -0.39 is 5.91 Å². The van der Waals surface area contributed by atoms with E-state index in [2.05, 4.69) is 10.6 Å². The van der Waals surface area contributed by atoms with Gasteiger partial charge in [0.1, 0.15) is 11.5 Å². The summed E-state index contributed by atoms with van der Waals surface area (Å²) in [5, 5.41) is 5.90. The molecule has 0 saturated carbocycles. The molecule has 6 nitrogen and oxygen atoms in total. The molecule has 0 aliphatic rings. The molecule has 0 bridgehead atoms. The maximum atomic E-state index is 12.6. The molecule has 148 valence electrons. The zero-order valence-electron chi connectivity index (χ0n) is 15.9. The first kappa shape index (κ1) is 20.2. The number of nitrogens with one attached hydrogen (secondary N) is 2. The van der Waals surface area contributed by atoms with Gasteiger partial charge in [0.15, 0.2) is 0 Å². The second kappa shape index (κ2) is 9.12. The normalized spacial score (nSPS) is 10.2. The first-order valence-electron chi connectivity index (χ1n) is 8.71. The zero-order valence-corrected chi connectivity index (χ0v) is 16.6. The molecule has 0 fully saturated rings. The van der Waals surface area contributed by atoms with E-state index in [1.807, 2.05) is 6.07 Å². The van der Waals surface area contributed by atoms with Gasteiger partial charge in [-0.15, -0.1) is 0 Å². The van der Waals surface area contributed by atoms with Crippen molar-refractivity contribution >= 4 is 34.8 Å². The van der Waals surface area contributed by atoms with Gasteiger partial charge >= 0.3 is 0 Å². The average molecular weight is 411 g/mol. The van der Waals surface area contributed by atoms with Gasteiger partial charge in [0.2, 0.25) is 0 Å². The van der Waals surface area contributed by atoms with Gasteiger partial charge in [-0.3, -0.25) is 9.59 Å². The van der Waals surface area contributed by atoms with Crippen molar-refractivity contribution in [2.24, 2.45) is 0 Å². The highest BCUT2D eigenvalue weighted by molar-refractivity contribution is 6.34. The number of methoxy groups -OCH3 is 2. The monoisotopic (exact) mass is 410 g/mol. The standard InChI is InChI=1S/C22H19ClN2O4/c1-28-19-13-18(25-22(27)15-10-6-7-11-16(15)23)20(29-2)12-17(19)24-21(26)14-8-4-3-5-9-14/h3-13H,1-2H3,(H,24,26)(H,25,27). The third kappa shape index (κ3) is 4.67. The van der Waals surface area contributed by atoms with E-state index in [1.54, 1.807) is 60.7 Å². The first-order chi connectivity index (χ1) is 14.0. The summed E-state index contributed by atoms with van der Waals surface area (Å²) in [6.45, 7) is 0. The zero-order chi connectivity index (χ0) is 20.8. The van der Waals surface area contributed by atoms with Gasteiger partial charge < -0.3 is 20.1 Å². The summed E-state index contributed by atoms with van der Waals surface area (Å²) in [4.78, 5) is 25.1. The molecule has 7 heteroatoms. The molecule has 2 N–H and O–H groups in total. The fourth-order valence-corrected chi connectivity index (χ4v) is 2.93. The van der Waals surface area contributed by atoms with Gasteiger partial charge in [-0.2, -0.15) is 0 Å². The molecule has 0 aromatic heterocycles. The largest absolute Gasteiger partial charge is 0.494 e. The Morgan fingerprint density at radius 2 is 1.28 bits per heavy atom. The molecule has 3 rings (SSSR count). The molecule has 2 amide bonds. The van der Waals surface area contributed by atoms with Crippen LogP contribution >= 0.6 is 11.6 Å². The molecule has 3 aromatic carbocycles. The molecule has 0 atom stereocenters. The van der Waals surface area contributed by atoms with Crippen molar-refractivity contribution in [3.63, 3.8) is 0 Å². The van der Waals surface area contributed by atoms with Crippen LogP contribution in [0.4, 0.5) is 11.4 Å². The van der Waals surface area contributed by atoms with E-state index in [0.29, 0.717) is 39.0 Å². The first-order valence-corrected chi connectivity index (χ1v) is 9.09. The number of benzene rings is 3. The Labute approximate surface area is 173 Å². The van der Waals surface area contributed by atoms with E-state index in [4.69, 9.17) is 21.1 Å². The van der Waals surface area contributed by atoms with Gasteiger partial charge in [0, 0.05) is 17.7 Å². The molecule has 0 saturated heterocycles. The van der Waals surface area contributed by atoms with Crippen molar-refractivity contribution < 1.29 is 19.1 Å². The van der Waals surface area contributed by atoms with Crippen LogP contribution in [0.15, 0.2) is 66.7 Å². The van der Waals surface area contributed by atoms with Crippen LogP contribution in [0.3, 0.4) is 0 Å². The van der Waals surface area contributed by atoms with Crippen LogP contribution in [-0.2, 0) is 0 Å². The Morgan fingerprint density at radius 3 is 1.83 bits per heavy atom. The smallest absolute Gasteiger partial charge is 0.257 e. The van der Waals surface area contributed by atoms with Crippen LogP contribution in [0.1, 0.15) is 20.7 Å². The number of carbonyl (C=O) groups excluding carboxylic acids is 2. The van der Waals surface area contributed by atoms with Crippen LogP contribution in [0.5, 0.6) is 11.5 Å². The van der Waals surface area contributed by atoms with E-state index in [-0.39, 0.29) is 5.91 Å². The number of rotatable bonds is 6. The van der Waals surface area contributed by atoms with Gasteiger partial charge in [-0.05, 0) is 24.3 Å². The fourth-order valence-electron chi connectivity index (χ4n) is 2.71. The number of carbonyl (C=O) groups is 2. The second-order valence-corrected chi connectivity index (χ2v) is 6.41. The lowest BCUT2D eigenvalue weighted by atomic mass is 10.1. The molecular formula is C22H19ClN2O4. The van der Waals surface area contributed by atoms with E-state index in [9.17, 15) is 9.59 Å². The predicted molar refractivity (Wildman–Crippen MR) is 113 cm³/mol. The summed E-state index contributed by atoms with van der Waals surface area (Å²) >= 11 is 6.09. The van der Waals surface area contributed by atoms with Crippen LogP contribution < -0.4 is 20.1 Å². The average Bonchev–Trinajstić information content (AvgIpc) is 2.75. The maximum absolute atomic E-state index is 12.6. The SMILES string of the molecule is COc1cc(NC(=O)c2ccccc2Cl)c(OC)cc1NC(=O)c1ccccc1. The third-order valence-corrected chi connectivity index (χ3v) is 4.50. The molecule has 0 aliphatic carbocycles. The number of anilines is 2. The molecule has 0 spiro atoms. The van der Waals surface area contributed by atoms with Crippen molar-refractivity contribution in [2.45, 2.75) is 0 Å². The summed E-state index contributed by atoms with van der Waals surface area (Å²) < 4.78 is 10.8. The van der Waals surface area contributed by atoms with Crippen molar-refractivity contribution in [1.82, 2.24) is 0 Å². The highest BCUT2D eigenvalue weighted by atomic mass is 35.5. The number of halogens is 1. The maximum Gasteiger partial charge on any atom is 0.257 e. The van der Waals surface area contributed by atoms with Gasteiger partial charge in [0.05, 0.1) is 36.2 Å². The van der Waals surface area contributed by atoms with Gasteiger partial charge in [0.25, 0.3) is 11.8 Å². The number of hydrogen-bond donors (Lipinski definition) is 2. The summed E-state index contributed by atoms with van der Waals surface area (Å²) in [5.41, 5.74) is 1.63. The summed E-state index contributed by atoms with van der Waals surface area (Å²) in [6, 6.07) is 18.7. The molecule has 0 heterocycles. The Bertz CT molecular complexity index is 1040. The second-order valence-electron chi connectivity index (χ2n) is 6.01. The summed E-state index contributed by atoms with van der Waals surface area (Å²) in [6.07, 6.45) is 0. The molecular weight excluding hydrogens is 392 g/mol. The lowest BCUT2D eigenvalue weighted by Crippen LogP contribution is -2.15. The van der Waals surface area contributed by atoms with Crippen LogP contribution in [-0.4, -0.2) is 26.0 Å². The van der Waals surface area contributed by atoms with E-state index in [1.165, 1.54) is 14.2 Å². The summed E-state index contributed by atoms with van der Waals surface area (Å²) in [5.74, 6) is 0.0370. The molecule has 3 aromatic rings. The van der Waals surface area contributed by atoms with E-state index in [0.717, 1.165) is 0 Å². The van der Waals surface area contributed by atoms with Crippen LogP contribution in [0.2, 0.25) is 5.02 Å². The molecule has 0 aliphatic heterocycles.